The molecule has 6 heteroatoms. The van der Waals surface area contributed by atoms with E-state index in [4.69, 9.17) is 22.5 Å². The van der Waals surface area contributed by atoms with Gasteiger partial charge in [0.1, 0.15) is 0 Å². The van der Waals surface area contributed by atoms with Crippen molar-refractivity contribution in [2.24, 2.45) is 10.9 Å². The second-order valence-electron chi connectivity index (χ2n) is 2.94. The molecule has 0 radical (unpaired) electrons. The standard InChI is InChI=1S/C8H11ClN2O2S/c1-5-6(4-10)2-7(9)3-8(5)14(11,12)13/h2-3H,4,10H2,1H3,(H2,11,12,13). The van der Waals surface area contributed by atoms with Crippen LogP contribution in [0.5, 0.6) is 0 Å². The van der Waals surface area contributed by atoms with E-state index in [1.807, 2.05) is 0 Å². The van der Waals surface area contributed by atoms with E-state index in [1.54, 1.807) is 13.0 Å². The maximum atomic E-state index is 11.2. The highest BCUT2D eigenvalue weighted by molar-refractivity contribution is 7.89. The third kappa shape index (κ3) is 2.24. The van der Waals surface area contributed by atoms with Gasteiger partial charge in [0, 0.05) is 11.6 Å². The van der Waals surface area contributed by atoms with Crippen molar-refractivity contribution in [3.63, 3.8) is 0 Å². The molecule has 4 N–H and O–H groups in total. The highest BCUT2D eigenvalue weighted by Crippen LogP contribution is 2.23. The van der Waals surface area contributed by atoms with Crippen LogP contribution in [0.15, 0.2) is 17.0 Å². The van der Waals surface area contributed by atoms with Crippen LogP contribution in [0.4, 0.5) is 0 Å². The molecule has 0 unspecified atom stereocenters. The normalized spacial score (nSPS) is 11.7. The Labute approximate surface area is 87.9 Å². The van der Waals surface area contributed by atoms with Gasteiger partial charge in [-0.3, -0.25) is 0 Å². The number of hydrogen-bond donors (Lipinski definition) is 2. The monoisotopic (exact) mass is 234 g/mol. The molecule has 0 aliphatic heterocycles. The lowest BCUT2D eigenvalue weighted by Crippen LogP contribution is -2.15. The molecular weight excluding hydrogens is 224 g/mol. The third-order valence-electron chi connectivity index (χ3n) is 1.96. The van der Waals surface area contributed by atoms with Crippen LogP contribution in [0.3, 0.4) is 0 Å². The fraction of sp³-hybridized carbons (Fsp3) is 0.250. The van der Waals surface area contributed by atoms with Crippen molar-refractivity contribution in [2.75, 3.05) is 0 Å². The smallest absolute Gasteiger partial charge is 0.238 e. The maximum Gasteiger partial charge on any atom is 0.238 e. The number of sulfonamides is 1. The highest BCUT2D eigenvalue weighted by atomic mass is 35.5. The Bertz CT molecular complexity index is 457. The molecule has 0 aliphatic rings. The van der Waals surface area contributed by atoms with Gasteiger partial charge in [-0.1, -0.05) is 11.6 Å². The van der Waals surface area contributed by atoms with Crippen LogP contribution in [-0.4, -0.2) is 8.42 Å². The number of nitrogens with two attached hydrogens (primary N) is 2. The van der Waals surface area contributed by atoms with Crippen molar-refractivity contribution in [1.82, 2.24) is 0 Å². The summed E-state index contributed by atoms with van der Waals surface area (Å²) in [4.78, 5) is 0.0328. The lowest BCUT2D eigenvalue weighted by atomic mass is 10.1. The van der Waals surface area contributed by atoms with Crippen LogP contribution < -0.4 is 10.9 Å². The molecule has 1 aromatic rings. The molecule has 78 valence electrons. The minimum atomic E-state index is -3.73. The van der Waals surface area contributed by atoms with Gasteiger partial charge >= 0.3 is 0 Å². The fourth-order valence-electron chi connectivity index (χ4n) is 1.22. The molecule has 14 heavy (non-hydrogen) atoms. The first-order chi connectivity index (χ1) is 6.36. The van der Waals surface area contributed by atoms with Crippen molar-refractivity contribution >= 4 is 21.6 Å². The van der Waals surface area contributed by atoms with Crippen LogP contribution >= 0.6 is 11.6 Å². The van der Waals surface area contributed by atoms with Crippen LogP contribution in [0.25, 0.3) is 0 Å². The van der Waals surface area contributed by atoms with E-state index < -0.39 is 10.0 Å². The van der Waals surface area contributed by atoms with Crippen molar-refractivity contribution in [3.8, 4) is 0 Å². The van der Waals surface area contributed by atoms with Gasteiger partial charge in [-0.2, -0.15) is 0 Å². The molecular formula is C8H11ClN2O2S. The molecule has 0 bridgehead atoms. The molecule has 1 aromatic carbocycles. The van der Waals surface area contributed by atoms with Gasteiger partial charge in [0.15, 0.2) is 0 Å². The van der Waals surface area contributed by atoms with E-state index in [0.717, 1.165) is 0 Å². The third-order valence-corrected chi connectivity index (χ3v) is 3.21. The predicted octanol–water partition coefficient (Wildman–Crippen LogP) is 0.755. The van der Waals surface area contributed by atoms with Crippen LogP contribution in [0.1, 0.15) is 11.1 Å². The Morgan fingerprint density at radius 2 is 2.00 bits per heavy atom. The Hall–Kier alpha value is -0.620. The van der Waals surface area contributed by atoms with Crippen LogP contribution in [-0.2, 0) is 16.6 Å². The Kier molecular flexibility index (Phi) is 3.16. The van der Waals surface area contributed by atoms with Crippen LogP contribution in [0, 0.1) is 6.92 Å². The summed E-state index contributed by atoms with van der Waals surface area (Å²) in [7, 11) is -3.73. The predicted molar refractivity (Wildman–Crippen MR) is 55.5 cm³/mol. The lowest BCUT2D eigenvalue weighted by molar-refractivity contribution is 0.597. The second kappa shape index (κ2) is 3.86. The average Bonchev–Trinajstić information content (AvgIpc) is 2.06. The zero-order chi connectivity index (χ0) is 10.9. The Morgan fingerprint density at radius 3 is 2.43 bits per heavy atom. The van der Waals surface area contributed by atoms with Crippen molar-refractivity contribution < 1.29 is 8.42 Å². The molecule has 0 saturated heterocycles. The quantitative estimate of drug-likeness (QED) is 0.792. The SMILES string of the molecule is Cc1c(CN)cc(Cl)cc1S(N)(=O)=O. The molecule has 0 aliphatic carbocycles. The molecule has 0 atom stereocenters. The van der Waals surface area contributed by atoms with E-state index in [0.29, 0.717) is 16.1 Å². The summed E-state index contributed by atoms with van der Waals surface area (Å²) in [6.07, 6.45) is 0. The fourth-order valence-corrected chi connectivity index (χ4v) is 2.37. The molecule has 4 nitrogen and oxygen atoms in total. The molecule has 0 aromatic heterocycles. The van der Waals surface area contributed by atoms with Gasteiger partial charge < -0.3 is 5.73 Å². The van der Waals surface area contributed by atoms with Crippen LogP contribution in [0.2, 0.25) is 5.02 Å². The Morgan fingerprint density at radius 1 is 1.43 bits per heavy atom. The number of primary sulfonamides is 1. The van der Waals surface area contributed by atoms with E-state index in [1.165, 1.54) is 6.07 Å². The molecule has 1 rings (SSSR count). The van der Waals surface area contributed by atoms with Crippen molar-refractivity contribution in [2.45, 2.75) is 18.4 Å². The zero-order valence-corrected chi connectivity index (χ0v) is 9.19. The van der Waals surface area contributed by atoms with Gasteiger partial charge in [0.2, 0.25) is 10.0 Å². The summed E-state index contributed by atoms with van der Waals surface area (Å²) in [5, 5.41) is 5.34. The van der Waals surface area contributed by atoms with E-state index in [9.17, 15) is 8.42 Å². The molecule has 0 fully saturated rings. The number of hydrogen-bond acceptors (Lipinski definition) is 3. The first-order valence-electron chi connectivity index (χ1n) is 3.88. The molecule has 0 amide bonds. The van der Waals surface area contributed by atoms with Gasteiger partial charge in [-0.05, 0) is 30.2 Å². The first-order valence-corrected chi connectivity index (χ1v) is 5.80. The van der Waals surface area contributed by atoms with E-state index in [2.05, 4.69) is 0 Å². The van der Waals surface area contributed by atoms with E-state index >= 15 is 0 Å². The van der Waals surface area contributed by atoms with Gasteiger partial charge in [0.05, 0.1) is 4.90 Å². The number of benzene rings is 1. The first kappa shape index (κ1) is 11.5. The van der Waals surface area contributed by atoms with Crippen molar-refractivity contribution in [3.05, 3.63) is 28.3 Å². The number of rotatable bonds is 2. The minimum absolute atomic E-state index is 0.0328. The molecule has 0 heterocycles. The highest BCUT2D eigenvalue weighted by Gasteiger charge is 2.14. The second-order valence-corrected chi connectivity index (χ2v) is 4.90. The average molecular weight is 235 g/mol. The van der Waals surface area contributed by atoms with Crippen molar-refractivity contribution in [1.29, 1.82) is 0 Å². The number of halogens is 1. The molecule has 0 spiro atoms. The summed E-state index contributed by atoms with van der Waals surface area (Å²) in [5.74, 6) is 0. The molecule has 0 saturated carbocycles. The topological polar surface area (TPSA) is 86.2 Å². The summed E-state index contributed by atoms with van der Waals surface area (Å²) >= 11 is 5.73. The minimum Gasteiger partial charge on any atom is -0.326 e. The van der Waals surface area contributed by atoms with E-state index in [-0.39, 0.29) is 11.4 Å². The Balaban J connectivity index is 3.53. The maximum absolute atomic E-state index is 11.2. The lowest BCUT2D eigenvalue weighted by Gasteiger charge is -2.08. The summed E-state index contributed by atoms with van der Waals surface area (Å²) in [6.45, 7) is 1.88. The van der Waals surface area contributed by atoms with Gasteiger partial charge in [-0.15, -0.1) is 0 Å². The van der Waals surface area contributed by atoms with Gasteiger partial charge in [-0.25, -0.2) is 13.6 Å². The summed E-state index contributed by atoms with van der Waals surface area (Å²) in [5.41, 5.74) is 6.67. The summed E-state index contributed by atoms with van der Waals surface area (Å²) < 4.78 is 22.3. The summed E-state index contributed by atoms with van der Waals surface area (Å²) in [6, 6.07) is 2.96. The largest absolute Gasteiger partial charge is 0.326 e. The zero-order valence-electron chi connectivity index (χ0n) is 7.62. The van der Waals surface area contributed by atoms with Gasteiger partial charge in [0.25, 0.3) is 0 Å².